The Labute approximate surface area is 147 Å². The molecule has 1 saturated carbocycles. The molecule has 1 N–H and O–H groups in total. The number of aromatic nitrogens is 3. The molecule has 1 saturated heterocycles. The third-order valence-electron chi connectivity index (χ3n) is 5.05. The fourth-order valence-electron chi connectivity index (χ4n) is 3.45. The van der Waals surface area contributed by atoms with Crippen LogP contribution in [0.2, 0.25) is 0 Å². The van der Waals surface area contributed by atoms with Crippen molar-refractivity contribution in [2.45, 2.75) is 44.4 Å². The zero-order valence-corrected chi connectivity index (χ0v) is 14.6. The van der Waals surface area contributed by atoms with E-state index in [4.69, 9.17) is 4.74 Å². The summed E-state index contributed by atoms with van der Waals surface area (Å²) in [5, 5.41) is 7.47. The van der Waals surface area contributed by atoms with Crippen LogP contribution in [0.4, 0.5) is 0 Å². The lowest BCUT2D eigenvalue weighted by Gasteiger charge is -2.31. The normalized spacial score (nSPS) is 18.4. The van der Waals surface area contributed by atoms with Gasteiger partial charge in [0.1, 0.15) is 11.6 Å². The molecule has 2 fully saturated rings. The molecule has 0 spiro atoms. The molecule has 6 heteroatoms. The Morgan fingerprint density at radius 2 is 1.96 bits per heavy atom. The molecule has 1 aliphatic heterocycles. The molecule has 1 aliphatic carbocycles. The fourth-order valence-corrected chi connectivity index (χ4v) is 3.45. The van der Waals surface area contributed by atoms with Crippen molar-refractivity contribution in [2.24, 2.45) is 0 Å². The Balaban J connectivity index is 1.40. The van der Waals surface area contributed by atoms with Crippen LogP contribution in [0.5, 0.6) is 5.75 Å². The van der Waals surface area contributed by atoms with Crippen LogP contribution in [0.25, 0.3) is 0 Å². The van der Waals surface area contributed by atoms with Crippen LogP contribution in [0.3, 0.4) is 0 Å². The summed E-state index contributed by atoms with van der Waals surface area (Å²) in [5.74, 6) is 3.62. The molecule has 1 aromatic carbocycles. The average molecular weight is 340 g/mol. The second kappa shape index (κ2) is 6.86. The third-order valence-corrected chi connectivity index (χ3v) is 5.05. The Morgan fingerprint density at radius 3 is 2.68 bits per heavy atom. The first-order valence-electron chi connectivity index (χ1n) is 9.19. The number of nitrogens with zero attached hydrogens (tertiary/aromatic N) is 3. The van der Waals surface area contributed by atoms with Crippen LogP contribution in [0.1, 0.15) is 66.4 Å². The molecule has 1 aromatic heterocycles. The lowest BCUT2D eigenvalue weighted by Crippen LogP contribution is -2.38. The van der Waals surface area contributed by atoms with Crippen molar-refractivity contribution < 1.29 is 9.53 Å². The number of carbonyl (C=O) groups is 1. The maximum absolute atomic E-state index is 12.9. The van der Waals surface area contributed by atoms with Crippen molar-refractivity contribution in [3.63, 3.8) is 0 Å². The van der Waals surface area contributed by atoms with Crippen LogP contribution in [0.15, 0.2) is 24.3 Å². The van der Waals surface area contributed by atoms with Crippen molar-refractivity contribution in [3.8, 4) is 5.75 Å². The first-order chi connectivity index (χ1) is 12.3. The number of hydrogen-bond donors (Lipinski definition) is 1. The van der Waals surface area contributed by atoms with E-state index in [1.54, 1.807) is 0 Å². The van der Waals surface area contributed by atoms with Gasteiger partial charge in [-0.15, -0.1) is 0 Å². The quantitative estimate of drug-likeness (QED) is 0.908. The maximum atomic E-state index is 12.9. The molecule has 0 atom stereocenters. The van der Waals surface area contributed by atoms with E-state index in [0.717, 1.165) is 37.6 Å². The summed E-state index contributed by atoms with van der Waals surface area (Å²) < 4.78 is 5.60. The summed E-state index contributed by atoms with van der Waals surface area (Å²) in [7, 11) is 0. The summed E-state index contributed by atoms with van der Waals surface area (Å²) >= 11 is 0. The predicted molar refractivity (Wildman–Crippen MR) is 93.8 cm³/mol. The monoisotopic (exact) mass is 340 g/mol. The van der Waals surface area contributed by atoms with Gasteiger partial charge in [-0.1, -0.05) is 12.1 Å². The molecule has 2 heterocycles. The lowest BCUT2D eigenvalue weighted by molar-refractivity contribution is 0.0707. The highest BCUT2D eigenvalue weighted by Crippen LogP contribution is 2.38. The summed E-state index contributed by atoms with van der Waals surface area (Å²) in [4.78, 5) is 19.4. The highest BCUT2D eigenvalue weighted by Gasteiger charge is 2.31. The van der Waals surface area contributed by atoms with Gasteiger partial charge < -0.3 is 9.64 Å². The van der Waals surface area contributed by atoms with Gasteiger partial charge in [0, 0.05) is 24.9 Å². The standard InChI is InChI=1S/C19H24N4O2/c1-2-25-16-6-4-3-5-15(16)19(24)23-11-9-14(10-12-23)18-20-17(21-22-18)13-7-8-13/h3-6,13-14H,2,7-12H2,1H3,(H,20,21,22). The van der Waals surface area contributed by atoms with Gasteiger partial charge in [0.25, 0.3) is 5.91 Å². The molecule has 4 rings (SSSR count). The average Bonchev–Trinajstić information content (AvgIpc) is 3.39. The van der Waals surface area contributed by atoms with Crippen molar-refractivity contribution in [2.75, 3.05) is 19.7 Å². The molecule has 1 amide bonds. The third kappa shape index (κ3) is 3.38. The summed E-state index contributed by atoms with van der Waals surface area (Å²) in [6, 6.07) is 7.49. The first-order valence-corrected chi connectivity index (χ1v) is 9.19. The van der Waals surface area contributed by atoms with Crippen LogP contribution < -0.4 is 4.74 Å². The number of rotatable bonds is 5. The van der Waals surface area contributed by atoms with Gasteiger partial charge in [-0.25, -0.2) is 4.98 Å². The van der Waals surface area contributed by atoms with Crippen LogP contribution in [-0.2, 0) is 0 Å². The number of piperidine rings is 1. The Kier molecular flexibility index (Phi) is 4.42. The van der Waals surface area contributed by atoms with Gasteiger partial charge in [-0.3, -0.25) is 9.89 Å². The number of H-pyrrole nitrogens is 1. The fraction of sp³-hybridized carbons (Fsp3) is 0.526. The molecule has 6 nitrogen and oxygen atoms in total. The number of benzene rings is 1. The van der Waals surface area contributed by atoms with E-state index < -0.39 is 0 Å². The molecular formula is C19H24N4O2. The van der Waals surface area contributed by atoms with Gasteiger partial charge in [0.15, 0.2) is 5.82 Å². The van der Waals surface area contributed by atoms with E-state index in [1.165, 1.54) is 12.8 Å². The van der Waals surface area contributed by atoms with Gasteiger partial charge in [0.05, 0.1) is 12.2 Å². The van der Waals surface area contributed by atoms with E-state index in [-0.39, 0.29) is 5.91 Å². The smallest absolute Gasteiger partial charge is 0.257 e. The largest absolute Gasteiger partial charge is 0.493 e. The molecule has 2 aliphatic rings. The van der Waals surface area contributed by atoms with Crippen LogP contribution >= 0.6 is 0 Å². The number of ether oxygens (including phenoxy) is 1. The van der Waals surface area contributed by atoms with E-state index in [1.807, 2.05) is 36.1 Å². The van der Waals surface area contributed by atoms with Crippen molar-refractivity contribution >= 4 is 5.91 Å². The zero-order chi connectivity index (χ0) is 17.2. The number of nitrogens with one attached hydrogen (secondary N) is 1. The summed E-state index contributed by atoms with van der Waals surface area (Å²) in [5.41, 5.74) is 0.651. The maximum Gasteiger partial charge on any atom is 0.257 e. The van der Waals surface area contributed by atoms with Crippen molar-refractivity contribution in [3.05, 3.63) is 41.5 Å². The molecule has 0 bridgehead atoms. The second-order valence-electron chi connectivity index (χ2n) is 6.85. The molecule has 0 radical (unpaired) electrons. The second-order valence-corrected chi connectivity index (χ2v) is 6.85. The topological polar surface area (TPSA) is 71.1 Å². The summed E-state index contributed by atoms with van der Waals surface area (Å²) in [6.45, 7) is 3.97. The van der Waals surface area contributed by atoms with Gasteiger partial charge in [-0.05, 0) is 44.7 Å². The minimum atomic E-state index is 0.0544. The van der Waals surface area contributed by atoms with E-state index >= 15 is 0 Å². The molecule has 0 unspecified atom stereocenters. The molecule has 132 valence electrons. The predicted octanol–water partition coefficient (Wildman–Crippen LogP) is 3.10. The number of amides is 1. The molecule has 25 heavy (non-hydrogen) atoms. The zero-order valence-electron chi connectivity index (χ0n) is 14.6. The van der Waals surface area contributed by atoms with E-state index in [9.17, 15) is 4.79 Å². The SMILES string of the molecule is CCOc1ccccc1C(=O)N1CCC(c2nc(C3CC3)n[nH]2)CC1. The van der Waals surface area contributed by atoms with Crippen LogP contribution in [-0.4, -0.2) is 45.7 Å². The highest BCUT2D eigenvalue weighted by atomic mass is 16.5. The minimum absolute atomic E-state index is 0.0544. The number of aromatic amines is 1. The van der Waals surface area contributed by atoms with Crippen molar-refractivity contribution in [1.29, 1.82) is 0 Å². The Hall–Kier alpha value is -2.37. The first kappa shape index (κ1) is 16.1. The number of carbonyl (C=O) groups excluding carboxylic acids is 1. The van der Waals surface area contributed by atoms with Gasteiger partial charge in [-0.2, -0.15) is 5.10 Å². The van der Waals surface area contributed by atoms with Crippen LogP contribution in [0, 0.1) is 0 Å². The highest BCUT2D eigenvalue weighted by molar-refractivity contribution is 5.97. The number of para-hydroxylation sites is 1. The summed E-state index contributed by atoms with van der Waals surface area (Å²) in [6.07, 6.45) is 4.26. The minimum Gasteiger partial charge on any atom is -0.493 e. The lowest BCUT2D eigenvalue weighted by atomic mass is 9.95. The van der Waals surface area contributed by atoms with Gasteiger partial charge in [0.2, 0.25) is 0 Å². The Morgan fingerprint density at radius 1 is 1.20 bits per heavy atom. The molecule has 2 aromatic rings. The Bertz CT molecular complexity index is 745. The number of likely N-dealkylation sites (tertiary alicyclic amines) is 1. The van der Waals surface area contributed by atoms with E-state index in [2.05, 4.69) is 15.2 Å². The van der Waals surface area contributed by atoms with Crippen molar-refractivity contribution in [1.82, 2.24) is 20.1 Å². The van der Waals surface area contributed by atoms with Gasteiger partial charge >= 0.3 is 0 Å². The van der Waals surface area contributed by atoms with E-state index in [0.29, 0.717) is 29.8 Å². The molecular weight excluding hydrogens is 316 g/mol. The number of hydrogen-bond acceptors (Lipinski definition) is 4.